The molecule has 0 saturated heterocycles. The number of Topliss-reactive ketones (excluding diaryl/α,β-unsaturated/α-hetero) is 1. The minimum absolute atomic E-state index is 0.0312. The van der Waals surface area contributed by atoms with Crippen molar-refractivity contribution < 1.29 is 23.9 Å². The van der Waals surface area contributed by atoms with E-state index in [0.717, 1.165) is 19.3 Å². The van der Waals surface area contributed by atoms with Gasteiger partial charge in [-0.05, 0) is 43.9 Å². The number of anilines is 1. The van der Waals surface area contributed by atoms with Gasteiger partial charge in [0.1, 0.15) is 5.78 Å². The van der Waals surface area contributed by atoms with Crippen molar-refractivity contribution in [3.05, 3.63) is 29.8 Å². The Morgan fingerprint density at radius 1 is 1.15 bits per heavy atom. The third kappa shape index (κ3) is 4.53. The third-order valence-electron chi connectivity index (χ3n) is 5.36. The summed E-state index contributed by atoms with van der Waals surface area (Å²) in [4.78, 5) is 48.1. The summed E-state index contributed by atoms with van der Waals surface area (Å²) >= 11 is 0. The number of nitrogens with one attached hydrogen (secondary N) is 2. The highest BCUT2D eigenvalue weighted by Gasteiger charge is 2.41. The Bertz CT molecular complexity index is 744. The maximum Gasteiger partial charge on any atom is 0.309 e. The van der Waals surface area contributed by atoms with Crippen molar-refractivity contribution >= 4 is 29.3 Å². The Kier molecular flexibility index (Phi) is 5.88. The predicted molar refractivity (Wildman–Crippen MR) is 98.0 cm³/mol. The average Bonchev–Trinajstić information content (AvgIpc) is 2.65. The Balaban J connectivity index is 1.50. The third-order valence-corrected chi connectivity index (χ3v) is 5.36. The van der Waals surface area contributed by atoms with Crippen LogP contribution in [0.2, 0.25) is 0 Å². The van der Waals surface area contributed by atoms with Crippen LogP contribution < -0.4 is 10.6 Å². The summed E-state index contributed by atoms with van der Waals surface area (Å²) in [5, 5.41) is 5.13. The summed E-state index contributed by atoms with van der Waals surface area (Å²) in [5.74, 6) is -1.21. The zero-order chi connectivity index (χ0) is 19.4. The summed E-state index contributed by atoms with van der Waals surface area (Å²) in [6, 6.07) is 6.49. The van der Waals surface area contributed by atoms with E-state index in [4.69, 9.17) is 4.74 Å². The van der Waals surface area contributed by atoms with Gasteiger partial charge in [-0.15, -0.1) is 0 Å². The molecule has 2 amide bonds. The van der Waals surface area contributed by atoms with E-state index in [0.29, 0.717) is 29.9 Å². The van der Waals surface area contributed by atoms with E-state index in [-0.39, 0.29) is 30.3 Å². The summed E-state index contributed by atoms with van der Waals surface area (Å²) in [7, 11) is 1.53. The van der Waals surface area contributed by atoms with Crippen LogP contribution in [0.5, 0.6) is 0 Å². The van der Waals surface area contributed by atoms with Gasteiger partial charge in [0, 0.05) is 30.1 Å². The van der Waals surface area contributed by atoms with Crippen molar-refractivity contribution in [3.8, 4) is 0 Å². The molecule has 2 saturated carbocycles. The number of ether oxygens (including phenoxy) is 1. The van der Waals surface area contributed by atoms with Crippen molar-refractivity contribution in [3.63, 3.8) is 0 Å². The van der Waals surface area contributed by atoms with Gasteiger partial charge in [-0.3, -0.25) is 19.2 Å². The minimum atomic E-state index is -0.468. The first-order valence-corrected chi connectivity index (χ1v) is 9.30. The lowest BCUT2D eigenvalue weighted by atomic mass is 9.67. The molecular weight excluding hydrogens is 348 g/mol. The summed E-state index contributed by atoms with van der Waals surface area (Å²) < 4.78 is 5.17. The van der Waals surface area contributed by atoms with Crippen LogP contribution >= 0.6 is 0 Å². The molecule has 2 N–H and O–H groups in total. The van der Waals surface area contributed by atoms with Crippen LogP contribution in [0.25, 0.3) is 0 Å². The SMILES string of the molecule is CNC(=O)c1cccc(NC(=O)COC(=O)C2C[C@H]3CCC[C@@H](C2)C3=O)c1. The first kappa shape index (κ1) is 19.1. The van der Waals surface area contributed by atoms with Crippen LogP contribution in [0.1, 0.15) is 42.5 Å². The van der Waals surface area contributed by atoms with E-state index in [1.807, 2.05) is 0 Å². The number of fused-ring (bicyclic) bond motifs is 2. The number of benzene rings is 1. The number of hydrogen-bond donors (Lipinski definition) is 2. The van der Waals surface area contributed by atoms with Gasteiger partial charge in [0.05, 0.1) is 5.92 Å². The highest BCUT2D eigenvalue weighted by Crippen LogP contribution is 2.40. The van der Waals surface area contributed by atoms with E-state index in [1.54, 1.807) is 24.3 Å². The average molecular weight is 372 g/mol. The van der Waals surface area contributed by atoms with Crippen molar-refractivity contribution in [2.75, 3.05) is 19.0 Å². The largest absolute Gasteiger partial charge is 0.455 e. The number of ketones is 1. The number of rotatable bonds is 5. The van der Waals surface area contributed by atoms with Crippen LogP contribution in [0.3, 0.4) is 0 Å². The maximum atomic E-state index is 12.3. The zero-order valence-electron chi connectivity index (χ0n) is 15.3. The lowest BCUT2D eigenvalue weighted by molar-refractivity contribution is -0.155. The molecule has 3 rings (SSSR count). The second-order valence-corrected chi connectivity index (χ2v) is 7.21. The molecule has 2 aliphatic carbocycles. The molecule has 0 aromatic heterocycles. The molecule has 0 aliphatic heterocycles. The van der Waals surface area contributed by atoms with E-state index in [9.17, 15) is 19.2 Å². The zero-order valence-corrected chi connectivity index (χ0v) is 15.3. The van der Waals surface area contributed by atoms with Gasteiger partial charge >= 0.3 is 5.97 Å². The van der Waals surface area contributed by atoms with Gasteiger partial charge in [0.2, 0.25) is 0 Å². The summed E-state index contributed by atoms with van der Waals surface area (Å²) in [6.45, 7) is -0.386. The summed E-state index contributed by atoms with van der Waals surface area (Å²) in [5.41, 5.74) is 0.876. The van der Waals surface area contributed by atoms with Crippen LogP contribution in [0.15, 0.2) is 24.3 Å². The molecule has 2 bridgehead atoms. The van der Waals surface area contributed by atoms with Crippen molar-refractivity contribution in [1.29, 1.82) is 0 Å². The number of carbonyl (C=O) groups is 4. The molecule has 1 unspecified atom stereocenters. The van der Waals surface area contributed by atoms with Gasteiger partial charge in [0.25, 0.3) is 11.8 Å². The molecular formula is C20H24N2O5. The standard InChI is InChI=1S/C20H24N2O5/c1-21-19(25)14-6-3-7-16(10-14)22-17(23)11-27-20(26)15-8-12-4-2-5-13(9-15)18(12)24/h3,6-7,10,12-13,15H,2,4-5,8-9,11H2,1H3,(H,21,25)(H,22,23)/t12-,13+,15?. The number of hydrogen-bond acceptors (Lipinski definition) is 5. The minimum Gasteiger partial charge on any atom is -0.455 e. The Morgan fingerprint density at radius 2 is 1.85 bits per heavy atom. The fourth-order valence-corrected chi connectivity index (χ4v) is 4.01. The fourth-order valence-electron chi connectivity index (χ4n) is 4.01. The molecule has 1 aromatic rings. The molecule has 2 fully saturated rings. The Labute approximate surface area is 157 Å². The van der Waals surface area contributed by atoms with Gasteiger partial charge in [-0.1, -0.05) is 12.5 Å². The fraction of sp³-hybridized carbons (Fsp3) is 0.500. The topological polar surface area (TPSA) is 102 Å². The number of amides is 2. The second-order valence-electron chi connectivity index (χ2n) is 7.21. The highest BCUT2D eigenvalue weighted by molar-refractivity contribution is 5.97. The van der Waals surface area contributed by atoms with Gasteiger partial charge in [-0.25, -0.2) is 0 Å². The van der Waals surface area contributed by atoms with Crippen LogP contribution in [0.4, 0.5) is 5.69 Å². The molecule has 0 spiro atoms. The first-order valence-electron chi connectivity index (χ1n) is 9.30. The van der Waals surface area contributed by atoms with Crippen LogP contribution in [0, 0.1) is 17.8 Å². The van der Waals surface area contributed by atoms with Crippen molar-refractivity contribution in [2.45, 2.75) is 32.1 Å². The van der Waals surface area contributed by atoms with Gasteiger partial charge in [0.15, 0.2) is 6.61 Å². The second kappa shape index (κ2) is 8.33. The maximum absolute atomic E-state index is 12.3. The monoisotopic (exact) mass is 372 g/mol. The van der Waals surface area contributed by atoms with Crippen LogP contribution in [-0.4, -0.2) is 37.2 Å². The van der Waals surface area contributed by atoms with E-state index in [1.165, 1.54) is 7.05 Å². The molecule has 1 aromatic carbocycles. The van der Waals surface area contributed by atoms with E-state index in [2.05, 4.69) is 10.6 Å². The number of carbonyl (C=O) groups excluding carboxylic acids is 4. The molecule has 2 aliphatic rings. The molecule has 7 heteroatoms. The van der Waals surface area contributed by atoms with Gasteiger partial charge < -0.3 is 15.4 Å². The van der Waals surface area contributed by atoms with Gasteiger partial charge in [-0.2, -0.15) is 0 Å². The Hall–Kier alpha value is -2.70. The predicted octanol–water partition coefficient (Wildman–Crippen LogP) is 1.92. The van der Waals surface area contributed by atoms with Crippen LogP contribution in [-0.2, 0) is 19.1 Å². The molecule has 7 nitrogen and oxygen atoms in total. The molecule has 0 heterocycles. The summed E-state index contributed by atoms with van der Waals surface area (Å²) in [6.07, 6.45) is 3.80. The highest BCUT2D eigenvalue weighted by atomic mass is 16.5. The molecule has 27 heavy (non-hydrogen) atoms. The lowest BCUT2D eigenvalue weighted by Gasteiger charge is -2.36. The quantitative estimate of drug-likeness (QED) is 0.769. The van der Waals surface area contributed by atoms with E-state index < -0.39 is 11.9 Å². The van der Waals surface area contributed by atoms with Crippen molar-refractivity contribution in [2.24, 2.45) is 17.8 Å². The smallest absolute Gasteiger partial charge is 0.309 e. The number of esters is 1. The van der Waals surface area contributed by atoms with E-state index >= 15 is 0 Å². The molecule has 144 valence electrons. The molecule has 0 radical (unpaired) electrons. The Morgan fingerprint density at radius 3 is 2.52 bits per heavy atom. The first-order chi connectivity index (χ1) is 13.0. The molecule has 3 atom stereocenters. The lowest BCUT2D eigenvalue weighted by Crippen LogP contribution is -2.40. The normalized spacial score (nSPS) is 24.0. The van der Waals surface area contributed by atoms with Crippen molar-refractivity contribution in [1.82, 2.24) is 5.32 Å².